The molecule has 1 aromatic carbocycles. The van der Waals surface area contributed by atoms with E-state index in [1.165, 1.54) is 11.6 Å². The van der Waals surface area contributed by atoms with Crippen LogP contribution in [0, 0.1) is 11.6 Å². The van der Waals surface area contributed by atoms with E-state index < -0.39 is 11.6 Å². The molecule has 1 aliphatic carbocycles. The van der Waals surface area contributed by atoms with Crippen LogP contribution < -0.4 is 5.32 Å². The van der Waals surface area contributed by atoms with Gasteiger partial charge >= 0.3 is 0 Å². The third-order valence-corrected chi connectivity index (χ3v) is 3.21. The van der Waals surface area contributed by atoms with Crippen molar-refractivity contribution < 1.29 is 13.6 Å². The van der Waals surface area contributed by atoms with Gasteiger partial charge in [0, 0.05) is 11.6 Å². The molecule has 0 heterocycles. The lowest BCUT2D eigenvalue weighted by molar-refractivity contribution is 0.0930. The molecule has 2 nitrogen and oxygen atoms in total. The Labute approximate surface area is 105 Å². The van der Waals surface area contributed by atoms with E-state index in [1.807, 2.05) is 0 Å². The van der Waals surface area contributed by atoms with Gasteiger partial charge in [-0.3, -0.25) is 4.79 Å². The molecule has 0 unspecified atom stereocenters. The Kier molecular flexibility index (Phi) is 3.75. The van der Waals surface area contributed by atoms with Crippen LogP contribution in [0.15, 0.2) is 30.4 Å². The summed E-state index contributed by atoms with van der Waals surface area (Å²) in [6.07, 6.45) is 3.52. The summed E-state index contributed by atoms with van der Waals surface area (Å²) in [4.78, 5) is 11.8. The fourth-order valence-corrected chi connectivity index (χ4v) is 2.08. The fraction of sp³-hybridized carbons (Fsp3) is 0.357. The van der Waals surface area contributed by atoms with Crippen LogP contribution in [0.25, 0.3) is 0 Å². The highest BCUT2D eigenvalue weighted by Crippen LogP contribution is 2.22. The zero-order valence-electron chi connectivity index (χ0n) is 10.0. The van der Waals surface area contributed by atoms with E-state index in [9.17, 15) is 13.6 Å². The molecule has 1 saturated carbocycles. The third-order valence-electron chi connectivity index (χ3n) is 3.21. The van der Waals surface area contributed by atoms with Crippen molar-refractivity contribution in [2.75, 3.05) is 0 Å². The predicted octanol–water partition coefficient (Wildman–Crippen LogP) is 3.19. The normalized spacial score (nSPS) is 16.7. The third kappa shape index (κ3) is 2.94. The molecule has 0 atom stereocenters. The van der Waals surface area contributed by atoms with E-state index in [0.717, 1.165) is 37.8 Å². The van der Waals surface area contributed by atoms with Crippen LogP contribution in [-0.4, -0.2) is 11.9 Å². The van der Waals surface area contributed by atoms with Gasteiger partial charge in [-0.05, 0) is 43.9 Å². The Morgan fingerprint density at radius 2 is 1.89 bits per heavy atom. The van der Waals surface area contributed by atoms with Crippen LogP contribution in [0.5, 0.6) is 0 Å². The first kappa shape index (κ1) is 12.7. The Hall–Kier alpha value is -1.71. The average Bonchev–Trinajstić information content (AvgIpc) is 2.35. The zero-order chi connectivity index (χ0) is 13.1. The summed E-state index contributed by atoms with van der Waals surface area (Å²) in [6, 6.07) is 3.27. The van der Waals surface area contributed by atoms with E-state index in [0.29, 0.717) is 0 Å². The molecule has 0 radical (unpaired) electrons. The maximum Gasteiger partial charge on any atom is 0.251 e. The Balaban J connectivity index is 1.99. The Bertz CT molecular complexity index is 475. The van der Waals surface area contributed by atoms with Crippen LogP contribution in [0.3, 0.4) is 0 Å². The largest absolute Gasteiger partial charge is 0.349 e. The number of amides is 1. The van der Waals surface area contributed by atoms with E-state index in [4.69, 9.17) is 0 Å². The quantitative estimate of drug-likeness (QED) is 0.803. The van der Waals surface area contributed by atoms with Crippen molar-refractivity contribution in [1.82, 2.24) is 5.32 Å². The second-order valence-corrected chi connectivity index (χ2v) is 4.63. The van der Waals surface area contributed by atoms with Gasteiger partial charge in [0.05, 0.1) is 0 Å². The standard InChI is InChI=1S/C14H15F2NO/c1-9-2-5-11(6-3-9)17-14(18)10-4-7-12(15)13(16)8-10/h4,7-8,11H,1-3,5-6H2,(H,17,18). The lowest BCUT2D eigenvalue weighted by Crippen LogP contribution is -2.36. The van der Waals surface area contributed by atoms with E-state index in [1.54, 1.807) is 0 Å². The molecule has 1 N–H and O–H groups in total. The van der Waals surface area contributed by atoms with Gasteiger partial charge in [-0.25, -0.2) is 8.78 Å². The molecule has 2 rings (SSSR count). The van der Waals surface area contributed by atoms with Gasteiger partial charge in [0.2, 0.25) is 0 Å². The maximum atomic E-state index is 13.0. The van der Waals surface area contributed by atoms with Gasteiger partial charge < -0.3 is 5.32 Å². The number of carbonyl (C=O) groups is 1. The molecule has 1 amide bonds. The number of nitrogens with one attached hydrogen (secondary N) is 1. The van der Waals surface area contributed by atoms with Crippen LogP contribution in [-0.2, 0) is 0 Å². The van der Waals surface area contributed by atoms with Crippen molar-refractivity contribution in [2.45, 2.75) is 31.7 Å². The number of carbonyl (C=O) groups excluding carboxylic acids is 1. The lowest BCUT2D eigenvalue weighted by Gasteiger charge is -2.24. The van der Waals surface area contributed by atoms with Crippen molar-refractivity contribution in [1.29, 1.82) is 0 Å². The first-order valence-corrected chi connectivity index (χ1v) is 5.99. The number of allylic oxidation sites excluding steroid dienone is 1. The van der Waals surface area contributed by atoms with Crippen LogP contribution in [0.1, 0.15) is 36.0 Å². The highest BCUT2D eigenvalue weighted by atomic mass is 19.2. The molecule has 4 heteroatoms. The predicted molar refractivity (Wildman–Crippen MR) is 65.2 cm³/mol. The summed E-state index contributed by atoms with van der Waals surface area (Å²) in [5.41, 5.74) is 1.35. The van der Waals surface area contributed by atoms with Crippen molar-refractivity contribution in [3.63, 3.8) is 0 Å². The minimum atomic E-state index is -1.00. The number of hydrogen-bond donors (Lipinski definition) is 1. The summed E-state index contributed by atoms with van der Waals surface area (Å²) in [6.45, 7) is 3.90. The van der Waals surface area contributed by atoms with Crippen molar-refractivity contribution in [2.24, 2.45) is 0 Å². The highest BCUT2D eigenvalue weighted by molar-refractivity contribution is 5.94. The van der Waals surface area contributed by atoms with Crippen LogP contribution in [0.2, 0.25) is 0 Å². The Morgan fingerprint density at radius 1 is 1.22 bits per heavy atom. The first-order chi connectivity index (χ1) is 8.56. The molecule has 0 bridgehead atoms. The van der Waals surface area contributed by atoms with Gasteiger partial charge in [0.25, 0.3) is 5.91 Å². The molecular weight excluding hydrogens is 236 g/mol. The molecule has 0 saturated heterocycles. The fourth-order valence-electron chi connectivity index (χ4n) is 2.08. The van der Waals surface area contributed by atoms with Gasteiger partial charge in [-0.1, -0.05) is 12.2 Å². The highest BCUT2D eigenvalue weighted by Gasteiger charge is 2.18. The van der Waals surface area contributed by atoms with Crippen LogP contribution >= 0.6 is 0 Å². The van der Waals surface area contributed by atoms with Gasteiger partial charge in [-0.2, -0.15) is 0 Å². The number of rotatable bonds is 2. The molecule has 1 fully saturated rings. The summed E-state index contributed by atoms with van der Waals surface area (Å²) < 4.78 is 25.8. The molecular formula is C14H15F2NO. The van der Waals surface area contributed by atoms with Crippen molar-refractivity contribution in [3.8, 4) is 0 Å². The van der Waals surface area contributed by atoms with Gasteiger partial charge in [-0.15, -0.1) is 0 Å². The second-order valence-electron chi connectivity index (χ2n) is 4.63. The topological polar surface area (TPSA) is 29.1 Å². The molecule has 0 spiro atoms. The summed E-state index contributed by atoms with van der Waals surface area (Å²) in [5, 5.41) is 2.83. The SMILES string of the molecule is C=C1CCC(NC(=O)c2ccc(F)c(F)c2)CC1. The zero-order valence-corrected chi connectivity index (χ0v) is 10.0. The van der Waals surface area contributed by atoms with E-state index in [-0.39, 0.29) is 17.5 Å². The monoisotopic (exact) mass is 251 g/mol. The maximum absolute atomic E-state index is 13.0. The molecule has 96 valence electrons. The first-order valence-electron chi connectivity index (χ1n) is 5.99. The smallest absolute Gasteiger partial charge is 0.251 e. The van der Waals surface area contributed by atoms with Crippen LogP contribution in [0.4, 0.5) is 8.78 Å². The van der Waals surface area contributed by atoms with E-state index in [2.05, 4.69) is 11.9 Å². The van der Waals surface area contributed by atoms with Gasteiger partial charge in [0.15, 0.2) is 11.6 Å². The summed E-state index contributed by atoms with van der Waals surface area (Å²) >= 11 is 0. The lowest BCUT2D eigenvalue weighted by atomic mass is 9.92. The molecule has 0 aromatic heterocycles. The van der Waals surface area contributed by atoms with Crippen molar-refractivity contribution in [3.05, 3.63) is 47.5 Å². The summed E-state index contributed by atoms with van der Waals surface area (Å²) in [5.74, 6) is -2.30. The van der Waals surface area contributed by atoms with Crippen molar-refractivity contribution >= 4 is 5.91 Å². The number of hydrogen-bond acceptors (Lipinski definition) is 1. The number of halogens is 2. The minimum absolute atomic E-state index is 0.0936. The Morgan fingerprint density at radius 3 is 2.50 bits per heavy atom. The molecule has 1 aromatic rings. The molecule has 1 aliphatic rings. The second kappa shape index (κ2) is 5.29. The number of benzene rings is 1. The molecule has 0 aliphatic heterocycles. The van der Waals surface area contributed by atoms with E-state index >= 15 is 0 Å². The average molecular weight is 251 g/mol. The minimum Gasteiger partial charge on any atom is -0.349 e. The van der Waals surface area contributed by atoms with Gasteiger partial charge in [0.1, 0.15) is 0 Å². The summed E-state index contributed by atoms with van der Waals surface area (Å²) in [7, 11) is 0. The molecule has 18 heavy (non-hydrogen) atoms.